The van der Waals surface area contributed by atoms with Crippen LogP contribution in [0.1, 0.15) is 46.9 Å². The topological polar surface area (TPSA) is 144 Å². The summed E-state index contributed by atoms with van der Waals surface area (Å²) in [4.78, 5) is 22.2. The zero-order valence-corrected chi connectivity index (χ0v) is 22.6. The van der Waals surface area contributed by atoms with Crippen LogP contribution in [0.5, 0.6) is 0 Å². The molecule has 200 valence electrons. The number of carbonyl (C=O) groups is 1. The number of aryl methyl sites for hydroxylation is 1. The van der Waals surface area contributed by atoms with Gasteiger partial charge in [0.05, 0.1) is 47.3 Å². The Kier molecular flexibility index (Phi) is 6.94. The number of nitriles is 1. The summed E-state index contributed by atoms with van der Waals surface area (Å²) in [6, 6.07) is 8.16. The van der Waals surface area contributed by atoms with Gasteiger partial charge in [0.25, 0.3) is 5.91 Å². The van der Waals surface area contributed by atoms with Gasteiger partial charge in [-0.2, -0.15) is 10.4 Å². The summed E-state index contributed by atoms with van der Waals surface area (Å²) >= 11 is 6.18. The molecule has 0 aliphatic carbocycles. The summed E-state index contributed by atoms with van der Waals surface area (Å²) < 4.78 is 27.9. The van der Waals surface area contributed by atoms with E-state index in [-0.39, 0.29) is 23.2 Å². The summed E-state index contributed by atoms with van der Waals surface area (Å²) in [7, 11) is -3.61. The first-order chi connectivity index (χ1) is 18.0. The highest BCUT2D eigenvalue weighted by Gasteiger charge is 2.34. The normalized spacial score (nSPS) is 22.0. The van der Waals surface area contributed by atoms with E-state index in [9.17, 15) is 23.6 Å². The zero-order valence-electron chi connectivity index (χ0n) is 21.0. The lowest BCUT2D eigenvalue weighted by Crippen LogP contribution is -2.39. The molecule has 5 rings (SSSR count). The average molecular weight is 558 g/mol. The van der Waals surface area contributed by atoms with Crippen LogP contribution in [0.25, 0.3) is 5.65 Å². The lowest BCUT2D eigenvalue weighted by Gasteiger charge is -2.35. The van der Waals surface area contributed by atoms with Crippen molar-refractivity contribution in [2.45, 2.75) is 38.3 Å². The van der Waals surface area contributed by atoms with E-state index in [1.54, 1.807) is 9.42 Å². The minimum atomic E-state index is -3.61. The van der Waals surface area contributed by atoms with Gasteiger partial charge in [0.1, 0.15) is 5.82 Å². The van der Waals surface area contributed by atoms with E-state index in [0.29, 0.717) is 48.2 Å². The van der Waals surface area contributed by atoms with Crippen LogP contribution in [0.4, 0.5) is 11.5 Å². The summed E-state index contributed by atoms with van der Waals surface area (Å²) in [5.74, 6) is -0.116. The fourth-order valence-corrected chi connectivity index (χ4v) is 5.96. The van der Waals surface area contributed by atoms with Gasteiger partial charge in [-0.25, -0.2) is 17.9 Å². The van der Waals surface area contributed by atoms with Gasteiger partial charge in [-0.05, 0) is 44.4 Å². The number of hydrogen-bond donors (Lipinski definition) is 2. The SMILES string of the molecule is Cc1cn2nc([C@@H]3CCCCN3C(=O)c3cc(Cl)ccc3NS(C)(=O)=O)cc2nc1N1C[C@H](O)[C@@H](C#N)C1. The Labute approximate surface area is 225 Å². The molecule has 1 aromatic carbocycles. The molecule has 3 aromatic rings. The number of nitrogens with one attached hydrogen (secondary N) is 1. The number of rotatable bonds is 5. The maximum Gasteiger partial charge on any atom is 0.256 e. The van der Waals surface area contributed by atoms with Crippen LogP contribution in [0.3, 0.4) is 0 Å². The Morgan fingerprint density at radius 2 is 2.05 bits per heavy atom. The molecule has 2 aliphatic rings. The second-order valence-corrected chi connectivity index (χ2v) is 12.1. The fraction of sp³-hybridized carbons (Fsp3) is 0.440. The van der Waals surface area contributed by atoms with Crippen molar-refractivity contribution in [3.8, 4) is 6.07 Å². The van der Waals surface area contributed by atoms with Crippen LogP contribution in [-0.4, -0.2) is 70.9 Å². The number of amides is 1. The van der Waals surface area contributed by atoms with Crippen LogP contribution in [0, 0.1) is 24.2 Å². The molecule has 3 atom stereocenters. The standard InChI is InChI=1S/C25H28ClN7O4S/c1-15-12-33-23(28-24(15)31-13-16(11-27)22(34)14-31)10-20(29-33)21-5-3-4-8-32(21)25(35)18-9-17(26)6-7-19(18)30-38(2,36)37/h6-7,9-10,12,16,21-22,30,34H,3-5,8,13-14H2,1-2H3/t16-,21-,22-/m0/s1. The largest absolute Gasteiger partial charge is 0.390 e. The Morgan fingerprint density at radius 1 is 1.26 bits per heavy atom. The van der Waals surface area contributed by atoms with E-state index in [2.05, 4.69) is 10.8 Å². The third kappa shape index (κ3) is 5.14. The van der Waals surface area contributed by atoms with Crippen molar-refractivity contribution in [1.29, 1.82) is 5.26 Å². The minimum Gasteiger partial charge on any atom is -0.390 e. The Morgan fingerprint density at radius 3 is 2.76 bits per heavy atom. The summed E-state index contributed by atoms with van der Waals surface area (Å²) in [5.41, 5.74) is 2.47. The predicted molar refractivity (Wildman–Crippen MR) is 143 cm³/mol. The molecular weight excluding hydrogens is 530 g/mol. The molecule has 2 N–H and O–H groups in total. The molecular formula is C25H28ClN7O4S. The zero-order chi connectivity index (χ0) is 27.2. The van der Waals surface area contributed by atoms with Gasteiger partial charge in [0.2, 0.25) is 10.0 Å². The molecule has 0 bridgehead atoms. The third-order valence-corrected chi connectivity index (χ3v) is 7.82. The highest BCUT2D eigenvalue weighted by molar-refractivity contribution is 7.92. The molecule has 2 aromatic heterocycles. The van der Waals surface area contributed by atoms with E-state index in [1.807, 2.05) is 24.1 Å². The van der Waals surface area contributed by atoms with E-state index in [1.165, 1.54) is 18.2 Å². The van der Waals surface area contributed by atoms with Crippen LogP contribution >= 0.6 is 11.6 Å². The number of aliphatic hydroxyl groups excluding tert-OH is 1. The van der Waals surface area contributed by atoms with E-state index in [4.69, 9.17) is 21.7 Å². The first-order valence-corrected chi connectivity index (χ1v) is 14.6. The molecule has 0 radical (unpaired) electrons. The molecule has 2 fully saturated rings. The number of hydrogen-bond acceptors (Lipinski definition) is 8. The highest BCUT2D eigenvalue weighted by Crippen LogP contribution is 2.34. The van der Waals surface area contributed by atoms with Gasteiger partial charge in [0, 0.05) is 42.5 Å². The molecule has 0 saturated carbocycles. The second-order valence-electron chi connectivity index (χ2n) is 9.90. The monoisotopic (exact) mass is 557 g/mol. The number of β-amino-alcohol motifs (C(OH)–C–C–N with tert-alkyl or cyclic N) is 1. The summed E-state index contributed by atoms with van der Waals surface area (Å²) in [6.45, 7) is 3.12. The highest BCUT2D eigenvalue weighted by atomic mass is 35.5. The number of fused-ring (bicyclic) bond motifs is 1. The summed E-state index contributed by atoms with van der Waals surface area (Å²) in [6.07, 6.45) is 4.57. The average Bonchev–Trinajstić information content (AvgIpc) is 3.45. The Hall–Kier alpha value is -3.40. The number of aromatic nitrogens is 3. The maximum absolute atomic E-state index is 13.8. The number of sulfonamides is 1. The van der Waals surface area contributed by atoms with Gasteiger partial charge in [-0.3, -0.25) is 9.52 Å². The van der Waals surface area contributed by atoms with Crippen LogP contribution in [-0.2, 0) is 10.0 Å². The number of halogens is 1. The van der Waals surface area contributed by atoms with Crippen molar-refractivity contribution >= 4 is 44.7 Å². The molecule has 4 heterocycles. The molecule has 13 heteroatoms. The molecule has 0 unspecified atom stereocenters. The lowest BCUT2D eigenvalue weighted by atomic mass is 9.98. The van der Waals surface area contributed by atoms with E-state index >= 15 is 0 Å². The van der Waals surface area contributed by atoms with Crippen molar-refractivity contribution in [2.75, 3.05) is 35.5 Å². The van der Waals surface area contributed by atoms with Crippen molar-refractivity contribution < 1.29 is 18.3 Å². The van der Waals surface area contributed by atoms with Crippen LogP contribution in [0.15, 0.2) is 30.5 Å². The van der Waals surface area contributed by atoms with Crippen LogP contribution in [0.2, 0.25) is 5.02 Å². The lowest BCUT2D eigenvalue weighted by molar-refractivity contribution is 0.0607. The molecule has 38 heavy (non-hydrogen) atoms. The van der Waals surface area contributed by atoms with Crippen molar-refractivity contribution in [3.63, 3.8) is 0 Å². The predicted octanol–water partition coefficient (Wildman–Crippen LogP) is 2.75. The number of aliphatic hydroxyl groups is 1. The van der Waals surface area contributed by atoms with Crippen molar-refractivity contribution in [3.05, 3.63) is 52.3 Å². The third-order valence-electron chi connectivity index (χ3n) is 6.99. The quantitative estimate of drug-likeness (QED) is 0.487. The van der Waals surface area contributed by atoms with Gasteiger partial charge < -0.3 is 14.9 Å². The molecule has 0 spiro atoms. The number of anilines is 2. The number of carbonyl (C=O) groups excluding carboxylic acids is 1. The number of piperidine rings is 1. The van der Waals surface area contributed by atoms with Gasteiger partial charge >= 0.3 is 0 Å². The van der Waals surface area contributed by atoms with Crippen molar-refractivity contribution in [2.24, 2.45) is 5.92 Å². The van der Waals surface area contributed by atoms with Crippen LogP contribution < -0.4 is 9.62 Å². The first-order valence-electron chi connectivity index (χ1n) is 12.3. The van der Waals surface area contributed by atoms with Gasteiger partial charge in [-0.1, -0.05) is 11.6 Å². The first kappa shape index (κ1) is 26.2. The number of nitrogens with zero attached hydrogens (tertiary/aromatic N) is 6. The van der Waals surface area contributed by atoms with Gasteiger partial charge in [-0.15, -0.1) is 0 Å². The molecule has 2 aliphatic heterocycles. The smallest absolute Gasteiger partial charge is 0.256 e. The second kappa shape index (κ2) is 10.1. The Bertz CT molecular complexity index is 1550. The summed E-state index contributed by atoms with van der Waals surface area (Å²) in [5, 5.41) is 24.5. The minimum absolute atomic E-state index is 0.173. The van der Waals surface area contributed by atoms with E-state index in [0.717, 1.165) is 24.7 Å². The molecule has 1 amide bonds. The maximum atomic E-state index is 13.8. The molecule has 11 nitrogen and oxygen atoms in total. The fourth-order valence-electron chi connectivity index (χ4n) is 5.21. The van der Waals surface area contributed by atoms with Crippen molar-refractivity contribution in [1.82, 2.24) is 19.5 Å². The van der Waals surface area contributed by atoms with E-state index < -0.39 is 22.0 Å². The van der Waals surface area contributed by atoms with Gasteiger partial charge in [0.15, 0.2) is 5.65 Å². The molecule has 2 saturated heterocycles. The number of likely N-dealkylation sites (tertiary alicyclic amines) is 1. The Balaban J connectivity index is 1.48. The number of benzene rings is 1.